The van der Waals surface area contributed by atoms with Gasteiger partial charge < -0.3 is 4.52 Å². The van der Waals surface area contributed by atoms with Crippen molar-refractivity contribution in [3.8, 4) is 12.3 Å². The zero-order chi connectivity index (χ0) is 13.1. The second-order valence-electron chi connectivity index (χ2n) is 4.14. The third kappa shape index (κ3) is 8.44. The number of hydrogen-bond acceptors (Lipinski definition) is 3. The first-order valence-electron chi connectivity index (χ1n) is 6.46. The smallest absolute Gasteiger partial charge is 0.309 e. The summed E-state index contributed by atoms with van der Waals surface area (Å²) < 4.78 is 23.2. The Bertz CT molecular complexity index is 270. The lowest BCUT2D eigenvalue weighted by atomic mass is 10.3. The minimum atomic E-state index is -2.99. The van der Waals surface area contributed by atoms with Crippen molar-refractivity contribution in [2.75, 3.05) is 12.8 Å². The van der Waals surface area contributed by atoms with Crippen molar-refractivity contribution in [3.05, 3.63) is 0 Å². The average Bonchev–Trinajstić information content (AvgIpc) is 2.32. The normalized spacial score (nSPS) is 16.1. The van der Waals surface area contributed by atoms with Crippen LogP contribution in [-0.2, 0) is 13.6 Å². The predicted molar refractivity (Wildman–Crippen MR) is 72.2 cm³/mol. The Morgan fingerprint density at radius 3 is 2.41 bits per heavy atom. The number of terminal acetylenes is 1. The van der Waals surface area contributed by atoms with Crippen LogP contribution < -0.4 is 0 Å². The molecule has 0 aromatic carbocycles. The lowest BCUT2D eigenvalue weighted by Gasteiger charge is -2.20. The van der Waals surface area contributed by atoms with Gasteiger partial charge >= 0.3 is 7.60 Å². The Morgan fingerprint density at radius 1 is 1.24 bits per heavy atom. The summed E-state index contributed by atoms with van der Waals surface area (Å²) in [7, 11) is -2.99. The highest BCUT2D eigenvalue weighted by Gasteiger charge is 2.25. The lowest BCUT2D eigenvalue weighted by molar-refractivity contribution is 0.183. The maximum Gasteiger partial charge on any atom is 0.331 e. The molecule has 4 heteroatoms. The molecule has 0 radical (unpaired) electrons. The van der Waals surface area contributed by atoms with E-state index in [0.29, 0.717) is 12.8 Å². The summed E-state index contributed by atoms with van der Waals surface area (Å²) in [6.45, 7) is 6.37. The highest BCUT2D eigenvalue weighted by molar-refractivity contribution is 7.53. The zero-order valence-electron chi connectivity index (χ0n) is 11.3. The van der Waals surface area contributed by atoms with Gasteiger partial charge in [0.15, 0.2) is 0 Å². The molecule has 0 saturated heterocycles. The van der Waals surface area contributed by atoms with Crippen LogP contribution in [0.4, 0.5) is 0 Å². The van der Waals surface area contributed by atoms with Crippen LogP contribution >= 0.6 is 7.60 Å². The highest BCUT2D eigenvalue weighted by atomic mass is 31.2. The molecule has 0 aromatic rings. The van der Waals surface area contributed by atoms with Gasteiger partial charge in [0, 0.05) is 0 Å². The maximum absolute atomic E-state index is 12.4. The van der Waals surface area contributed by atoms with E-state index in [2.05, 4.69) is 12.8 Å². The molecule has 0 aromatic heterocycles. The summed E-state index contributed by atoms with van der Waals surface area (Å²) in [6.07, 6.45) is 10.2. The molecule has 0 saturated carbocycles. The van der Waals surface area contributed by atoms with Crippen LogP contribution in [0, 0.1) is 12.3 Å². The fourth-order valence-corrected chi connectivity index (χ4v) is 3.28. The largest absolute Gasteiger partial charge is 0.331 e. The molecular formula is C13H25O3P. The lowest BCUT2D eigenvalue weighted by Crippen LogP contribution is -2.08. The van der Waals surface area contributed by atoms with Crippen molar-refractivity contribution in [2.24, 2.45) is 0 Å². The quantitative estimate of drug-likeness (QED) is 0.335. The third-order valence-corrected chi connectivity index (χ3v) is 4.45. The van der Waals surface area contributed by atoms with Crippen molar-refractivity contribution < 1.29 is 13.6 Å². The molecule has 0 aliphatic rings. The standard InChI is InChI=1S/C13H25O3P/c1-5-8-10-11-15-17(14,12-9-6-2)16-13(4)7-3/h3,13H,5-6,8-12H2,1-2,4H3. The Balaban J connectivity index is 4.20. The molecule has 2 unspecified atom stereocenters. The summed E-state index contributed by atoms with van der Waals surface area (Å²) in [5.74, 6) is 2.42. The molecular weight excluding hydrogens is 235 g/mol. The molecule has 3 nitrogen and oxygen atoms in total. The van der Waals surface area contributed by atoms with Crippen LogP contribution in [0.1, 0.15) is 52.9 Å². The SMILES string of the molecule is C#CC(C)OP(=O)(CCCC)OCCCCC. The van der Waals surface area contributed by atoms with Crippen LogP contribution in [0.25, 0.3) is 0 Å². The van der Waals surface area contributed by atoms with E-state index in [1.54, 1.807) is 6.92 Å². The van der Waals surface area contributed by atoms with Gasteiger partial charge in [-0.2, -0.15) is 0 Å². The van der Waals surface area contributed by atoms with E-state index in [1.807, 2.05) is 6.92 Å². The third-order valence-electron chi connectivity index (χ3n) is 2.37. The monoisotopic (exact) mass is 260 g/mol. The van der Waals surface area contributed by atoms with E-state index < -0.39 is 13.7 Å². The second kappa shape index (κ2) is 9.71. The van der Waals surface area contributed by atoms with Gasteiger partial charge in [0.2, 0.25) is 0 Å². The fourth-order valence-electron chi connectivity index (χ4n) is 1.33. The van der Waals surface area contributed by atoms with Gasteiger partial charge in [-0.05, 0) is 19.8 Å². The van der Waals surface area contributed by atoms with Gasteiger partial charge in [0.05, 0.1) is 12.8 Å². The van der Waals surface area contributed by atoms with Crippen molar-refractivity contribution in [2.45, 2.75) is 59.0 Å². The Morgan fingerprint density at radius 2 is 1.88 bits per heavy atom. The van der Waals surface area contributed by atoms with Gasteiger partial charge in [-0.1, -0.05) is 39.0 Å². The minimum absolute atomic E-state index is 0.455. The molecule has 0 heterocycles. The topological polar surface area (TPSA) is 35.5 Å². The van der Waals surface area contributed by atoms with Gasteiger partial charge in [0.1, 0.15) is 6.10 Å². The first-order chi connectivity index (χ1) is 8.08. The molecule has 0 fully saturated rings. The first kappa shape index (κ1) is 16.7. The highest BCUT2D eigenvalue weighted by Crippen LogP contribution is 2.50. The van der Waals surface area contributed by atoms with Crippen molar-refractivity contribution in [1.29, 1.82) is 0 Å². The van der Waals surface area contributed by atoms with E-state index in [1.165, 1.54) is 0 Å². The minimum Gasteiger partial charge on any atom is -0.309 e. The van der Waals surface area contributed by atoms with E-state index in [0.717, 1.165) is 32.1 Å². The zero-order valence-corrected chi connectivity index (χ0v) is 12.2. The molecule has 17 heavy (non-hydrogen) atoms. The first-order valence-corrected chi connectivity index (χ1v) is 8.19. The molecule has 0 aliphatic carbocycles. The fraction of sp³-hybridized carbons (Fsp3) is 0.846. The molecule has 0 spiro atoms. The van der Waals surface area contributed by atoms with Crippen LogP contribution in [-0.4, -0.2) is 18.9 Å². The second-order valence-corrected chi connectivity index (χ2v) is 6.28. The molecule has 100 valence electrons. The molecule has 0 amide bonds. The molecule has 2 atom stereocenters. The summed E-state index contributed by atoms with van der Waals surface area (Å²) in [6, 6.07) is 0. The summed E-state index contributed by atoms with van der Waals surface area (Å²) in [5.41, 5.74) is 0. The summed E-state index contributed by atoms with van der Waals surface area (Å²) in [5, 5.41) is 0. The number of rotatable bonds is 10. The molecule has 0 aliphatic heterocycles. The van der Waals surface area contributed by atoms with E-state index >= 15 is 0 Å². The Hall–Kier alpha value is -0.290. The van der Waals surface area contributed by atoms with Crippen LogP contribution in [0.3, 0.4) is 0 Å². The summed E-state index contributed by atoms with van der Waals surface area (Å²) in [4.78, 5) is 0. The number of hydrogen-bond donors (Lipinski definition) is 0. The molecule has 0 N–H and O–H groups in total. The predicted octanol–water partition coefficient (Wildman–Crippen LogP) is 4.22. The Labute approximate surface area is 106 Å². The maximum atomic E-state index is 12.4. The van der Waals surface area contributed by atoms with Gasteiger partial charge in [-0.3, -0.25) is 9.09 Å². The van der Waals surface area contributed by atoms with E-state index in [9.17, 15) is 4.57 Å². The molecule has 0 bridgehead atoms. The van der Waals surface area contributed by atoms with Crippen molar-refractivity contribution in [1.82, 2.24) is 0 Å². The van der Waals surface area contributed by atoms with Gasteiger partial charge in [-0.15, -0.1) is 6.42 Å². The molecule has 0 rings (SSSR count). The van der Waals surface area contributed by atoms with Gasteiger partial charge in [0.25, 0.3) is 0 Å². The van der Waals surface area contributed by atoms with Crippen molar-refractivity contribution >= 4 is 7.60 Å². The van der Waals surface area contributed by atoms with E-state index in [4.69, 9.17) is 15.5 Å². The van der Waals surface area contributed by atoms with Crippen molar-refractivity contribution in [3.63, 3.8) is 0 Å². The van der Waals surface area contributed by atoms with Crippen LogP contribution in [0.5, 0.6) is 0 Å². The number of unbranched alkanes of at least 4 members (excludes halogenated alkanes) is 3. The van der Waals surface area contributed by atoms with Crippen LogP contribution in [0.2, 0.25) is 0 Å². The van der Waals surface area contributed by atoms with Gasteiger partial charge in [-0.25, -0.2) is 0 Å². The average molecular weight is 260 g/mol. The summed E-state index contributed by atoms with van der Waals surface area (Å²) >= 11 is 0. The van der Waals surface area contributed by atoms with Crippen LogP contribution in [0.15, 0.2) is 0 Å². The Kier molecular flexibility index (Phi) is 9.55. The van der Waals surface area contributed by atoms with E-state index in [-0.39, 0.29) is 0 Å².